The van der Waals surface area contributed by atoms with E-state index in [1.165, 1.54) is 6.33 Å². The molecule has 0 radical (unpaired) electrons. The molecule has 0 saturated heterocycles. The van der Waals surface area contributed by atoms with Gasteiger partial charge in [0.25, 0.3) is 0 Å². The number of rotatable bonds is 1. The molecule has 0 aliphatic carbocycles. The number of fused-ring (bicyclic) bond motifs is 1. The Morgan fingerprint density at radius 1 is 1.06 bits per heavy atom. The quantitative estimate of drug-likeness (QED) is 0.696. The highest BCUT2D eigenvalue weighted by molar-refractivity contribution is 6.33. The molecule has 1 aromatic carbocycles. The van der Waals surface area contributed by atoms with Crippen LogP contribution in [0.2, 0.25) is 10.2 Å². The molecule has 7 heteroatoms. The number of imidazole rings is 1. The van der Waals surface area contributed by atoms with E-state index in [2.05, 4.69) is 15.0 Å². The summed E-state index contributed by atoms with van der Waals surface area (Å²) >= 11 is 11.9. The third-order valence-electron chi connectivity index (χ3n) is 2.52. The maximum absolute atomic E-state index is 6.06. The Morgan fingerprint density at radius 3 is 2.50 bits per heavy atom. The van der Waals surface area contributed by atoms with Gasteiger partial charge < -0.3 is 5.73 Å². The maximum atomic E-state index is 6.06. The Balaban J connectivity index is 2.34. The molecule has 0 spiro atoms. The van der Waals surface area contributed by atoms with Crippen molar-refractivity contribution in [3.63, 3.8) is 0 Å². The normalized spacial score (nSPS) is 11.0. The van der Waals surface area contributed by atoms with Crippen LogP contribution < -0.4 is 5.73 Å². The molecule has 3 aromatic rings. The van der Waals surface area contributed by atoms with E-state index in [0.29, 0.717) is 27.3 Å². The van der Waals surface area contributed by atoms with E-state index in [0.717, 1.165) is 5.69 Å². The van der Waals surface area contributed by atoms with Crippen LogP contribution in [0, 0.1) is 0 Å². The van der Waals surface area contributed by atoms with Crippen molar-refractivity contribution >= 4 is 40.3 Å². The lowest BCUT2D eigenvalue weighted by atomic mass is 10.3. The minimum absolute atomic E-state index is 0.301. The molecule has 0 bridgehead atoms. The number of hydrogen-bond acceptors (Lipinski definition) is 4. The first-order chi connectivity index (χ1) is 8.66. The molecule has 0 fully saturated rings. The standard InChI is InChI=1S/C11H7Cl2N5/c12-6-1-3-7(4-2-6)18-8-9(13)15-5-16-10(8)17-11(18)14/h1-5H,(H2,14,15,16,17). The Labute approximate surface area is 112 Å². The number of aromatic nitrogens is 4. The Bertz CT molecular complexity index is 720. The largest absolute Gasteiger partial charge is 0.369 e. The van der Waals surface area contributed by atoms with Gasteiger partial charge in [0.2, 0.25) is 5.95 Å². The van der Waals surface area contributed by atoms with Crippen LogP contribution in [0.4, 0.5) is 5.95 Å². The van der Waals surface area contributed by atoms with Gasteiger partial charge in [-0.1, -0.05) is 23.2 Å². The molecule has 2 heterocycles. The molecule has 2 aromatic heterocycles. The number of benzene rings is 1. The number of hydrogen-bond donors (Lipinski definition) is 1. The summed E-state index contributed by atoms with van der Waals surface area (Å²) in [5.74, 6) is 0.301. The van der Waals surface area contributed by atoms with Crippen molar-refractivity contribution < 1.29 is 0 Å². The molecule has 0 aliphatic rings. The summed E-state index contributed by atoms with van der Waals surface area (Å²) in [6, 6.07) is 7.17. The van der Waals surface area contributed by atoms with Gasteiger partial charge in [-0.2, -0.15) is 4.98 Å². The summed E-state index contributed by atoms with van der Waals surface area (Å²) in [5, 5.41) is 0.947. The van der Waals surface area contributed by atoms with Crippen molar-refractivity contribution in [3.8, 4) is 5.69 Å². The minimum atomic E-state index is 0.301. The van der Waals surface area contributed by atoms with Crippen molar-refractivity contribution in [1.82, 2.24) is 19.5 Å². The van der Waals surface area contributed by atoms with Gasteiger partial charge in [0.05, 0.1) is 0 Å². The van der Waals surface area contributed by atoms with E-state index < -0.39 is 0 Å². The van der Waals surface area contributed by atoms with Gasteiger partial charge in [-0.3, -0.25) is 4.57 Å². The molecular formula is C11H7Cl2N5. The van der Waals surface area contributed by atoms with Crippen LogP contribution in [0.25, 0.3) is 16.9 Å². The molecule has 0 atom stereocenters. The molecule has 0 unspecified atom stereocenters. The van der Waals surface area contributed by atoms with Crippen molar-refractivity contribution in [2.45, 2.75) is 0 Å². The van der Waals surface area contributed by atoms with Crippen molar-refractivity contribution in [2.24, 2.45) is 0 Å². The first-order valence-corrected chi connectivity index (χ1v) is 5.83. The summed E-state index contributed by atoms with van der Waals surface area (Å²) < 4.78 is 1.69. The summed E-state index contributed by atoms with van der Waals surface area (Å²) in [7, 11) is 0. The van der Waals surface area contributed by atoms with Crippen molar-refractivity contribution in [3.05, 3.63) is 40.8 Å². The zero-order valence-electron chi connectivity index (χ0n) is 9.01. The molecule has 0 aliphatic heterocycles. The van der Waals surface area contributed by atoms with Gasteiger partial charge in [-0.25, -0.2) is 9.97 Å². The fraction of sp³-hybridized carbons (Fsp3) is 0. The fourth-order valence-corrected chi connectivity index (χ4v) is 2.09. The van der Waals surface area contributed by atoms with E-state index >= 15 is 0 Å². The van der Waals surface area contributed by atoms with Crippen LogP contribution >= 0.6 is 23.2 Å². The van der Waals surface area contributed by atoms with E-state index in [1.807, 2.05) is 12.1 Å². The van der Waals surface area contributed by atoms with Crippen molar-refractivity contribution in [2.75, 3.05) is 5.73 Å². The number of nitrogen functional groups attached to an aromatic ring is 1. The molecule has 5 nitrogen and oxygen atoms in total. The topological polar surface area (TPSA) is 69.6 Å². The van der Waals surface area contributed by atoms with Crippen LogP contribution in [-0.2, 0) is 0 Å². The van der Waals surface area contributed by atoms with E-state index in [1.54, 1.807) is 16.7 Å². The van der Waals surface area contributed by atoms with Gasteiger partial charge in [0, 0.05) is 10.7 Å². The van der Waals surface area contributed by atoms with Crippen LogP contribution in [0.1, 0.15) is 0 Å². The fourth-order valence-electron chi connectivity index (χ4n) is 1.75. The third-order valence-corrected chi connectivity index (χ3v) is 3.04. The number of halogens is 2. The number of anilines is 1. The highest BCUT2D eigenvalue weighted by atomic mass is 35.5. The predicted octanol–water partition coefficient (Wildman–Crippen LogP) is 2.70. The van der Waals surface area contributed by atoms with Gasteiger partial charge in [-0.15, -0.1) is 0 Å². The van der Waals surface area contributed by atoms with Crippen molar-refractivity contribution in [1.29, 1.82) is 0 Å². The zero-order valence-corrected chi connectivity index (χ0v) is 10.5. The van der Waals surface area contributed by atoms with E-state index in [9.17, 15) is 0 Å². The van der Waals surface area contributed by atoms with Gasteiger partial charge >= 0.3 is 0 Å². The highest BCUT2D eigenvalue weighted by Gasteiger charge is 2.14. The molecule has 3 rings (SSSR count). The van der Waals surface area contributed by atoms with Crippen LogP contribution in [-0.4, -0.2) is 19.5 Å². The highest BCUT2D eigenvalue weighted by Crippen LogP contribution is 2.26. The Morgan fingerprint density at radius 2 is 1.78 bits per heavy atom. The average molecular weight is 280 g/mol. The number of nitrogens with zero attached hydrogens (tertiary/aromatic N) is 4. The molecule has 18 heavy (non-hydrogen) atoms. The van der Waals surface area contributed by atoms with Crippen LogP contribution in [0.15, 0.2) is 30.6 Å². The Kier molecular flexibility index (Phi) is 2.57. The summed E-state index contributed by atoms with van der Waals surface area (Å²) in [6.07, 6.45) is 1.35. The average Bonchev–Trinajstić information content (AvgIpc) is 2.68. The van der Waals surface area contributed by atoms with Crippen LogP contribution in [0.3, 0.4) is 0 Å². The second-order valence-electron chi connectivity index (χ2n) is 3.62. The Hall–Kier alpha value is -1.85. The lowest BCUT2D eigenvalue weighted by Gasteiger charge is -2.06. The van der Waals surface area contributed by atoms with Gasteiger partial charge in [-0.05, 0) is 24.3 Å². The summed E-state index contributed by atoms with van der Waals surface area (Å²) in [6.45, 7) is 0. The maximum Gasteiger partial charge on any atom is 0.207 e. The summed E-state index contributed by atoms with van der Waals surface area (Å²) in [4.78, 5) is 12.1. The second-order valence-corrected chi connectivity index (χ2v) is 4.41. The molecular weight excluding hydrogens is 273 g/mol. The smallest absolute Gasteiger partial charge is 0.207 e. The predicted molar refractivity (Wildman–Crippen MR) is 71.1 cm³/mol. The SMILES string of the molecule is Nc1nc2ncnc(Cl)c2n1-c1ccc(Cl)cc1. The third kappa shape index (κ3) is 1.68. The lowest BCUT2D eigenvalue weighted by Crippen LogP contribution is -2.00. The van der Waals surface area contributed by atoms with E-state index in [-0.39, 0.29) is 0 Å². The lowest BCUT2D eigenvalue weighted by molar-refractivity contribution is 1.10. The molecule has 0 saturated carbocycles. The van der Waals surface area contributed by atoms with Gasteiger partial charge in [0.1, 0.15) is 11.8 Å². The van der Waals surface area contributed by atoms with Crippen LogP contribution in [0.5, 0.6) is 0 Å². The monoisotopic (exact) mass is 279 g/mol. The molecule has 2 N–H and O–H groups in total. The molecule has 0 amide bonds. The first kappa shape index (κ1) is 11.3. The number of nitrogens with two attached hydrogens (primary N) is 1. The van der Waals surface area contributed by atoms with Gasteiger partial charge in [0.15, 0.2) is 10.8 Å². The zero-order chi connectivity index (χ0) is 12.7. The molecule has 90 valence electrons. The first-order valence-electron chi connectivity index (χ1n) is 5.07. The minimum Gasteiger partial charge on any atom is -0.369 e. The van der Waals surface area contributed by atoms with E-state index in [4.69, 9.17) is 28.9 Å². The summed E-state index contributed by atoms with van der Waals surface area (Å²) in [5.41, 5.74) is 7.73. The second kappa shape index (κ2) is 4.12.